The topological polar surface area (TPSA) is 47.3 Å². The summed E-state index contributed by atoms with van der Waals surface area (Å²) >= 11 is 0. The number of rotatable bonds is 6. The Labute approximate surface area is 109 Å². The van der Waals surface area contributed by atoms with Crippen molar-refractivity contribution in [3.63, 3.8) is 0 Å². The molecule has 4 heteroatoms. The number of nitrogens with zero attached hydrogens (tertiary/aromatic N) is 1. The molecule has 0 unspecified atom stereocenters. The van der Waals surface area contributed by atoms with Crippen molar-refractivity contribution >= 4 is 0 Å². The van der Waals surface area contributed by atoms with Crippen LogP contribution < -0.4 is 5.32 Å². The molecule has 0 saturated heterocycles. The van der Waals surface area contributed by atoms with Crippen LogP contribution in [-0.4, -0.2) is 25.2 Å². The molecule has 0 spiro atoms. The summed E-state index contributed by atoms with van der Waals surface area (Å²) in [5.74, 6) is 1.69. The molecule has 1 aromatic rings. The van der Waals surface area contributed by atoms with E-state index in [4.69, 9.17) is 9.15 Å². The molecule has 0 atom stereocenters. The lowest BCUT2D eigenvalue weighted by molar-refractivity contribution is 0.199. The van der Waals surface area contributed by atoms with Crippen LogP contribution in [0, 0.1) is 0 Å². The summed E-state index contributed by atoms with van der Waals surface area (Å²) in [5.41, 5.74) is 1.08. The van der Waals surface area contributed by atoms with Crippen LogP contribution in [0.1, 0.15) is 55.9 Å². The first-order chi connectivity index (χ1) is 8.92. The molecule has 0 amide bonds. The van der Waals surface area contributed by atoms with Gasteiger partial charge in [0.25, 0.3) is 0 Å². The fourth-order valence-electron chi connectivity index (χ4n) is 2.67. The Kier molecular flexibility index (Phi) is 5.68. The number of aromatic nitrogens is 1. The maximum Gasteiger partial charge on any atom is 0.181 e. The van der Waals surface area contributed by atoms with E-state index in [0.717, 1.165) is 31.2 Å². The molecule has 102 valence electrons. The van der Waals surface area contributed by atoms with Crippen molar-refractivity contribution in [2.24, 2.45) is 0 Å². The second-order valence-electron chi connectivity index (χ2n) is 5.02. The minimum atomic E-state index is 0.578. The first kappa shape index (κ1) is 13.6. The highest BCUT2D eigenvalue weighted by Crippen LogP contribution is 2.33. The van der Waals surface area contributed by atoms with E-state index >= 15 is 0 Å². The first-order valence-electron chi connectivity index (χ1n) is 7.03. The summed E-state index contributed by atoms with van der Waals surface area (Å²) < 4.78 is 10.7. The van der Waals surface area contributed by atoms with Gasteiger partial charge >= 0.3 is 0 Å². The van der Waals surface area contributed by atoms with Gasteiger partial charge in [0, 0.05) is 26.1 Å². The molecule has 1 N–H and O–H groups in total. The van der Waals surface area contributed by atoms with E-state index in [2.05, 4.69) is 10.3 Å². The average Bonchev–Trinajstić information content (AvgIpc) is 2.68. The number of ether oxygens (including phenoxy) is 1. The van der Waals surface area contributed by atoms with Crippen molar-refractivity contribution < 1.29 is 9.15 Å². The standard InChI is InChI=1S/C14H24N2O2/c1-17-9-8-15-10-13-14(18-11-16-13)12-6-4-2-3-5-7-12/h11-12,15H,2-10H2,1H3. The highest BCUT2D eigenvalue weighted by atomic mass is 16.5. The molecule has 1 aliphatic carbocycles. The van der Waals surface area contributed by atoms with Gasteiger partial charge in [-0.15, -0.1) is 0 Å². The van der Waals surface area contributed by atoms with Crippen LogP contribution in [0.2, 0.25) is 0 Å². The Morgan fingerprint density at radius 2 is 2.11 bits per heavy atom. The van der Waals surface area contributed by atoms with Gasteiger partial charge in [-0.1, -0.05) is 25.7 Å². The maximum atomic E-state index is 5.63. The summed E-state index contributed by atoms with van der Waals surface area (Å²) in [6.07, 6.45) is 9.47. The maximum absolute atomic E-state index is 5.63. The van der Waals surface area contributed by atoms with Crippen molar-refractivity contribution in [3.05, 3.63) is 17.8 Å². The van der Waals surface area contributed by atoms with Gasteiger partial charge in [0.15, 0.2) is 6.39 Å². The normalized spacial score (nSPS) is 17.8. The lowest BCUT2D eigenvalue weighted by Gasteiger charge is -2.12. The second-order valence-corrected chi connectivity index (χ2v) is 5.02. The van der Waals surface area contributed by atoms with Crippen LogP contribution in [0.3, 0.4) is 0 Å². The molecular weight excluding hydrogens is 228 g/mol. The molecule has 0 aliphatic heterocycles. The summed E-state index contributed by atoms with van der Waals surface area (Å²) in [6.45, 7) is 2.37. The van der Waals surface area contributed by atoms with Gasteiger partial charge in [0.2, 0.25) is 0 Å². The molecule has 0 bridgehead atoms. The van der Waals surface area contributed by atoms with E-state index in [1.54, 1.807) is 13.5 Å². The molecule has 1 aliphatic rings. The monoisotopic (exact) mass is 252 g/mol. The number of hydrogen-bond donors (Lipinski definition) is 1. The van der Waals surface area contributed by atoms with E-state index in [9.17, 15) is 0 Å². The van der Waals surface area contributed by atoms with Crippen molar-refractivity contribution in [1.29, 1.82) is 0 Å². The quantitative estimate of drug-likeness (QED) is 0.624. The van der Waals surface area contributed by atoms with Gasteiger partial charge in [-0.05, 0) is 12.8 Å². The van der Waals surface area contributed by atoms with E-state index in [1.807, 2.05) is 0 Å². The Bertz CT molecular complexity index is 330. The van der Waals surface area contributed by atoms with E-state index in [1.165, 1.54) is 38.5 Å². The van der Waals surface area contributed by atoms with Gasteiger partial charge in [0.05, 0.1) is 12.3 Å². The number of oxazole rings is 1. The Balaban J connectivity index is 1.89. The third kappa shape index (κ3) is 3.82. The Hall–Kier alpha value is -0.870. The van der Waals surface area contributed by atoms with Gasteiger partial charge in [-0.3, -0.25) is 0 Å². The molecular formula is C14H24N2O2. The molecule has 1 heterocycles. The molecule has 0 radical (unpaired) electrons. The molecule has 4 nitrogen and oxygen atoms in total. The van der Waals surface area contributed by atoms with Crippen LogP contribution in [0.15, 0.2) is 10.8 Å². The third-order valence-corrected chi connectivity index (χ3v) is 3.67. The van der Waals surface area contributed by atoms with Gasteiger partial charge in [-0.2, -0.15) is 0 Å². The summed E-state index contributed by atoms with van der Waals surface area (Å²) in [5, 5.41) is 3.34. The van der Waals surface area contributed by atoms with E-state index in [-0.39, 0.29) is 0 Å². The SMILES string of the molecule is COCCNCc1ncoc1C1CCCCCC1. The fourth-order valence-corrected chi connectivity index (χ4v) is 2.67. The lowest BCUT2D eigenvalue weighted by Crippen LogP contribution is -2.19. The summed E-state index contributed by atoms with van der Waals surface area (Å²) in [4.78, 5) is 4.35. The molecule has 1 aromatic heterocycles. The second kappa shape index (κ2) is 7.54. The highest BCUT2D eigenvalue weighted by molar-refractivity contribution is 5.13. The average molecular weight is 252 g/mol. The zero-order chi connectivity index (χ0) is 12.6. The number of methoxy groups -OCH3 is 1. The minimum absolute atomic E-state index is 0.578. The lowest BCUT2D eigenvalue weighted by atomic mass is 9.96. The van der Waals surface area contributed by atoms with Crippen LogP contribution in [0.5, 0.6) is 0 Å². The van der Waals surface area contributed by atoms with Crippen molar-refractivity contribution in [1.82, 2.24) is 10.3 Å². The predicted molar refractivity (Wildman–Crippen MR) is 70.5 cm³/mol. The predicted octanol–water partition coefficient (Wildman–Crippen LogP) is 2.85. The summed E-state index contributed by atoms with van der Waals surface area (Å²) in [6, 6.07) is 0. The number of hydrogen-bond acceptors (Lipinski definition) is 4. The first-order valence-corrected chi connectivity index (χ1v) is 7.03. The van der Waals surface area contributed by atoms with Crippen LogP contribution >= 0.6 is 0 Å². The van der Waals surface area contributed by atoms with Crippen molar-refractivity contribution in [3.8, 4) is 0 Å². The molecule has 0 aromatic carbocycles. The van der Waals surface area contributed by atoms with E-state index < -0.39 is 0 Å². The minimum Gasteiger partial charge on any atom is -0.448 e. The van der Waals surface area contributed by atoms with Crippen LogP contribution in [0.25, 0.3) is 0 Å². The highest BCUT2D eigenvalue weighted by Gasteiger charge is 2.21. The molecule has 2 rings (SSSR count). The van der Waals surface area contributed by atoms with Gasteiger partial charge in [-0.25, -0.2) is 4.98 Å². The van der Waals surface area contributed by atoms with Crippen molar-refractivity contribution in [2.75, 3.05) is 20.3 Å². The van der Waals surface area contributed by atoms with E-state index in [0.29, 0.717) is 5.92 Å². The fraction of sp³-hybridized carbons (Fsp3) is 0.786. The van der Waals surface area contributed by atoms with Crippen LogP contribution in [0.4, 0.5) is 0 Å². The Morgan fingerprint density at radius 1 is 1.33 bits per heavy atom. The van der Waals surface area contributed by atoms with Crippen molar-refractivity contribution in [2.45, 2.75) is 51.0 Å². The zero-order valence-corrected chi connectivity index (χ0v) is 11.3. The summed E-state index contributed by atoms with van der Waals surface area (Å²) in [7, 11) is 1.72. The number of nitrogens with one attached hydrogen (secondary N) is 1. The van der Waals surface area contributed by atoms with Gasteiger partial charge in [0.1, 0.15) is 5.76 Å². The van der Waals surface area contributed by atoms with Gasteiger partial charge < -0.3 is 14.5 Å². The largest absolute Gasteiger partial charge is 0.448 e. The van der Waals surface area contributed by atoms with Crippen LogP contribution in [-0.2, 0) is 11.3 Å². The Morgan fingerprint density at radius 3 is 2.83 bits per heavy atom. The zero-order valence-electron chi connectivity index (χ0n) is 11.3. The molecule has 1 fully saturated rings. The third-order valence-electron chi connectivity index (χ3n) is 3.67. The molecule has 18 heavy (non-hydrogen) atoms. The smallest absolute Gasteiger partial charge is 0.181 e. The molecule has 1 saturated carbocycles.